The van der Waals surface area contributed by atoms with Gasteiger partial charge < -0.3 is 0 Å². The Kier molecular flexibility index (Phi) is 3.14. The van der Waals surface area contributed by atoms with Crippen molar-refractivity contribution in [1.29, 1.82) is 0 Å². The second-order valence-electron chi connectivity index (χ2n) is 4.55. The fraction of sp³-hybridized carbons (Fsp3) is 0.133. The summed E-state index contributed by atoms with van der Waals surface area (Å²) in [5.74, 6) is -0.282. The number of halogens is 1. The summed E-state index contributed by atoms with van der Waals surface area (Å²) in [6.07, 6.45) is 1.60. The maximum absolute atomic E-state index is 12.3. The summed E-state index contributed by atoms with van der Waals surface area (Å²) in [7, 11) is 0. The van der Waals surface area contributed by atoms with Gasteiger partial charge in [0.15, 0.2) is 0 Å². The highest BCUT2D eigenvalue weighted by Crippen LogP contribution is 2.29. The highest BCUT2D eigenvalue weighted by Gasteiger charge is 2.37. The third-order valence-electron chi connectivity index (χ3n) is 3.25. The quantitative estimate of drug-likeness (QED) is 0.626. The van der Waals surface area contributed by atoms with Gasteiger partial charge in [-0.25, -0.2) is 9.88 Å². The number of carbonyl (C=O) groups excluding carboxylic acids is 2. The van der Waals surface area contributed by atoms with Gasteiger partial charge in [-0.3, -0.25) is 9.59 Å². The summed E-state index contributed by atoms with van der Waals surface area (Å²) >= 11 is 3.47. The number of anilines is 1. The van der Waals surface area contributed by atoms with Crippen LogP contribution in [0, 0.1) is 0 Å². The molecule has 0 spiro atoms. The second kappa shape index (κ2) is 4.83. The number of fused-ring (bicyclic) bond motifs is 1. The number of carbonyl (C=O) groups is 2. The number of alkyl halides is 1. The first-order valence-electron chi connectivity index (χ1n) is 6.17. The van der Waals surface area contributed by atoms with Crippen LogP contribution < -0.4 is 4.90 Å². The number of amides is 2. The van der Waals surface area contributed by atoms with Gasteiger partial charge in [-0.15, -0.1) is 0 Å². The first-order valence-corrected chi connectivity index (χ1v) is 7.09. The number of hydrogen-bond acceptors (Lipinski definition) is 3. The molecule has 1 aliphatic rings. The molecule has 4 nitrogen and oxygen atoms in total. The molecule has 1 aromatic heterocycles. The van der Waals surface area contributed by atoms with E-state index in [1.807, 2.05) is 13.0 Å². The highest BCUT2D eigenvalue weighted by atomic mass is 79.9. The molecule has 0 unspecified atom stereocenters. The number of rotatable bonds is 2. The summed E-state index contributed by atoms with van der Waals surface area (Å²) in [5, 5.41) is 0. The highest BCUT2D eigenvalue weighted by molar-refractivity contribution is 9.09. The molecule has 0 N–H and O–H groups in total. The topological polar surface area (TPSA) is 50.3 Å². The Morgan fingerprint density at radius 2 is 1.70 bits per heavy atom. The minimum absolute atomic E-state index is 0.124. The molecule has 2 aromatic rings. The van der Waals surface area contributed by atoms with Crippen LogP contribution in [0.1, 0.15) is 38.0 Å². The van der Waals surface area contributed by atoms with Gasteiger partial charge in [0.2, 0.25) is 0 Å². The van der Waals surface area contributed by atoms with Gasteiger partial charge in [-0.05, 0) is 36.8 Å². The Labute approximate surface area is 124 Å². The molecule has 1 aromatic carbocycles. The number of pyridine rings is 1. The van der Waals surface area contributed by atoms with Crippen molar-refractivity contribution in [2.75, 3.05) is 4.90 Å². The number of aromatic nitrogens is 1. The van der Waals surface area contributed by atoms with Gasteiger partial charge in [0.05, 0.1) is 11.1 Å². The lowest BCUT2D eigenvalue weighted by Gasteiger charge is -2.14. The Bertz CT molecular complexity index is 678. The average Bonchev–Trinajstić information content (AvgIpc) is 2.72. The predicted octanol–water partition coefficient (Wildman–Crippen LogP) is 3.34. The van der Waals surface area contributed by atoms with Crippen LogP contribution in [0.15, 0.2) is 42.6 Å². The molecule has 1 atom stereocenters. The van der Waals surface area contributed by atoms with E-state index in [2.05, 4.69) is 20.9 Å². The van der Waals surface area contributed by atoms with E-state index in [9.17, 15) is 9.59 Å². The van der Waals surface area contributed by atoms with E-state index in [1.54, 1.807) is 36.5 Å². The SMILES string of the molecule is C[C@@H](Br)c1ccnc(N2C(=O)c3ccccc3C2=O)c1. The number of hydrogen-bond donors (Lipinski definition) is 0. The Morgan fingerprint density at radius 3 is 2.25 bits per heavy atom. The zero-order valence-electron chi connectivity index (χ0n) is 10.7. The van der Waals surface area contributed by atoms with Gasteiger partial charge in [0, 0.05) is 11.0 Å². The molecule has 0 radical (unpaired) electrons. The fourth-order valence-corrected chi connectivity index (χ4v) is 2.49. The first kappa shape index (κ1) is 13.0. The van der Waals surface area contributed by atoms with Crippen LogP contribution >= 0.6 is 15.9 Å². The van der Waals surface area contributed by atoms with Gasteiger partial charge in [0.25, 0.3) is 11.8 Å². The lowest BCUT2D eigenvalue weighted by atomic mass is 10.1. The molecule has 5 heteroatoms. The van der Waals surface area contributed by atoms with Crippen LogP contribution in [0.5, 0.6) is 0 Å². The Balaban J connectivity index is 2.07. The minimum Gasteiger partial charge on any atom is -0.268 e. The average molecular weight is 331 g/mol. The first-order chi connectivity index (χ1) is 9.59. The number of nitrogens with zero attached hydrogens (tertiary/aromatic N) is 2. The summed E-state index contributed by atoms with van der Waals surface area (Å²) < 4.78 is 0. The summed E-state index contributed by atoms with van der Waals surface area (Å²) in [5.41, 5.74) is 1.82. The van der Waals surface area contributed by atoms with E-state index in [4.69, 9.17) is 0 Å². The van der Waals surface area contributed by atoms with Crippen molar-refractivity contribution in [3.05, 3.63) is 59.3 Å². The molecule has 0 aliphatic carbocycles. The van der Waals surface area contributed by atoms with Crippen LogP contribution in [0.4, 0.5) is 5.82 Å². The number of benzene rings is 1. The lowest BCUT2D eigenvalue weighted by Crippen LogP contribution is -2.30. The zero-order valence-corrected chi connectivity index (χ0v) is 12.3. The van der Waals surface area contributed by atoms with E-state index in [0.29, 0.717) is 16.9 Å². The van der Waals surface area contributed by atoms with Gasteiger partial charge >= 0.3 is 0 Å². The third kappa shape index (κ3) is 1.94. The van der Waals surface area contributed by atoms with Crippen molar-refractivity contribution >= 4 is 33.6 Å². The van der Waals surface area contributed by atoms with Crippen LogP contribution in [-0.2, 0) is 0 Å². The smallest absolute Gasteiger partial charge is 0.267 e. The van der Waals surface area contributed by atoms with Crippen molar-refractivity contribution in [3.63, 3.8) is 0 Å². The monoisotopic (exact) mass is 330 g/mol. The van der Waals surface area contributed by atoms with Crippen molar-refractivity contribution in [2.24, 2.45) is 0 Å². The van der Waals surface area contributed by atoms with E-state index >= 15 is 0 Å². The van der Waals surface area contributed by atoms with Gasteiger partial charge in [-0.2, -0.15) is 0 Å². The maximum atomic E-state index is 12.3. The second-order valence-corrected chi connectivity index (χ2v) is 5.93. The molecule has 100 valence electrons. The van der Waals surface area contributed by atoms with Crippen molar-refractivity contribution in [2.45, 2.75) is 11.8 Å². The van der Waals surface area contributed by atoms with E-state index in [-0.39, 0.29) is 16.6 Å². The van der Waals surface area contributed by atoms with Crippen molar-refractivity contribution in [1.82, 2.24) is 4.98 Å². The molecule has 2 heterocycles. The summed E-state index contributed by atoms with van der Waals surface area (Å²) in [6, 6.07) is 10.4. The zero-order chi connectivity index (χ0) is 14.3. The van der Waals surface area contributed by atoms with Crippen LogP contribution in [0.3, 0.4) is 0 Å². The van der Waals surface area contributed by atoms with Crippen molar-refractivity contribution in [3.8, 4) is 0 Å². The molecular weight excluding hydrogens is 320 g/mol. The minimum atomic E-state index is -0.322. The molecule has 0 saturated carbocycles. The molecule has 0 saturated heterocycles. The number of imide groups is 1. The van der Waals surface area contributed by atoms with E-state index in [1.165, 1.54) is 0 Å². The van der Waals surface area contributed by atoms with Crippen LogP contribution in [0.2, 0.25) is 0 Å². The molecule has 0 fully saturated rings. The normalized spacial score (nSPS) is 15.4. The Morgan fingerprint density at radius 1 is 1.10 bits per heavy atom. The third-order valence-corrected chi connectivity index (χ3v) is 3.78. The molecule has 2 amide bonds. The molecule has 3 rings (SSSR count). The molecule has 20 heavy (non-hydrogen) atoms. The maximum Gasteiger partial charge on any atom is 0.267 e. The van der Waals surface area contributed by atoms with E-state index < -0.39 is 0 Å². The van der Waals surface area contributed by atoms with Crippen LogP contribution in [0.25, 0.3) is 0 Å². The fourth-order valence-electron chi connectivity index (χ4n) is 2.20. The predicted molar refractivity (Wildman–Crippen MR) is 79.2 cm³/mol. The molecule has 1 aliphatic heterocycles. The van der Waals surface area contributed by atoms with Gasteiger partial charge in [-0.1, -0.05) is 28.1 Å². The van der Waals surface area contributed by atoms with Gasteiger partial charge in [0.1, 0.15) is 5.82 Å². The molecule has 0 bridgehead atoms. The van der Waals surface area contributed by atoms with E-state index in [0.717, 1.165) is 10.5 Å². The largest absolute Gasteiger partial charge is 0.268 e. The summed E-state index contributed by atoms with van der Waals surface area (Å²) in [4.78, 5) is 30.1. The van der Waals surface area contributed by atoms with Crippen molar-refractivity contribution < 1.29 is 9.59 Å². The van der Waals surface area contributed by atoms with Crippen LogP contribution in [-0.4, -0.2) is 16.8 Å². The standard InChI is InChI=1S/C15H11BrN2O2/c1-9(16)10-6-7-17-13(8-10)18-14(19)11-4-2-3-5-12(11)15(18)20/h2-9H,1H3/t9-/m1/s1. The lowest BCUT2D eigenvalue weighted by molar-refractivity contribution is 0.0925. The Hall–Kier alpha value is -2.01. The summed E-state index contributed by atoms with van der Waals surface area (Å²) in [6.45, 7) is 1.97. The molecular formula is C15H11BrN2O2.